The van der Waals surface area contributed by atoms with Crippen LogP contribution in [0.1, 0.15) is 34.5 Å². The van der Waals surface area contributed by atoms with Crippen LogP contribution in [-0.2, 0) is 10.0 Å². The van der Waals surface area contributed by atoms with Crippen molar-refractivity contribution < 1.29 is 27.8 Å². The van der Waals surface area contributed by atoms with E-state index in [1.807, 2.05) is 24.3 Å². The van der Waals surface area contributed by atoms with Gasteiger partial charge in [-0.05, 0) is 60.5 Å². The normalized spacial score (nSPS) is 15.9. The Labute approximate surface area is 243 Å². The van der Waals surface area contributed by atoms with Crippen molar-refractivity contribution >= 4 is 44.8 Å². The summed E-state index contributed by atoms with van der Waals surface area (Å²) in [6.45, 7) is 1.13. The Morgan fingerprint density at radius 1 is 1.07 bits per heavy atom. The number of carbonyl (C=O) groups is 1. The highest BCUT2D eigenvalue weighted by molar-refractivity contribution is 7.92. The van der Waals surface area contributed by atoms with Crippen molar-refractivity contribution in [3.8, 4) is 0 Å². The first kappa shape index (κ1) is 30.2. The fourth-order valence-corrected chi connectivity index (χ4v) is 6.10. The largest absolute Gasteiger partial charge is 0.393 e. The predicted octanol–water partition coefficient (Wildman–Crippen LogP) is 3.85. The minimum absolute atomic E-state index is 0.0146. The zero-order chi connectivity index (χ0) is 29.2. The molecule has 0 saturated carbocycles. The molecule has 0 aromatic heterocycles. The highest BCUT2D eigenvalue weighted by Crippen LogP contribution is 2.37. The molecule has 1 heterocycles. The Hall–Kier alpha value is -2.73. The van der Waals surface area contributed by atoms with Crippen molar-refractivity contribution in [1.29, 1.82) is 0 Å². The van der Waals surface area contributed by atoms with E-state index in [4.69, 9.17) is 23.2 Å². The number of hydrogen-bond donors (Lipinski definition) is 3. The summed E-state index contributed by atoms with van der Waals surface area (Å²) < 4.78 is 41.7. The molecule has 8 nitrogen and oxygen atoms in total. The molecule has 0 radical (unpaired) electrons. The van der Waals surface area contributed by atoms with E-state index in [9.17, 15) is 27.8 Å². The first-order chi connectivity index (χ1) is 18.8. The van der Waals surface area contributed by atoms with Crippen molar-refractivity contribution in [3.05, 3.63) is 99.3 Å². The lowest BCUT2D eigenvalue weighted by Gasteiger charge is -2.48. The van der Waals surface area contributed by atoms with Gasteiger partial charge in [0, 0.05) is 35.2 Å². The van der Waals surface area contributed by atoms with Crippen LogP contribution < -0.4 is 9.62 Å². The highest BCUT2D eigenvalue weighted by Gasteiger charge is 2.41. The monoisotopic (exact) mass is 609 g/mol. The maximum atomic E-state index is 14.7. The number of hydrogen-bond acceptors (Lipinski definition) is 6. The Morgan fingerprint density at radius 2 is 1.60 bits per heavy atom. The predicted molar refractivity (Wildman–Crippen MR) is 154 cm³/mol. The van der Waals surface area contributed by atoms with E-state index in [-0.39, 0.29) is 23.8 Å². The summed E-state index contributed by atoms with van der Waals surface area (Å²) >= 11 is 12.2. The van der Waals surface area contributed by atoms with E-state index in [1.54, 1.807) is 24.3 Å². The number of aliphatic hydroxyl groups is 2. The number of benzene rings is 3. The number of anilines is 1. The van der Waals surface area contributed by atoms with Crippen molar-refractivity contribution in [2.24, 2.45) is 0 Å². The van der Waals surface area contributed by atoms with Crippen LogP contribution in [0.2, 0.25) is 10.0 Å². The van der Waals surface area contributed by atoms with E-state index >= 15 is 0 Å². The van der Waals surface area contributed by atoms with Gasteiger partial charge in [0.15, 0.2) is 0 Å². The standard InChI is InChI=1S/C28H30Cl2FN3O5S/c1-28(37,17-35)16-32-27(36)20-11-23(31)13-24(12-20)34(40(2,38)39)25-14-33(15-25)26(18-3-7-21(29)8-4-18)19-5-9-22(30)10-6-19/h3-13,25-26,35,37H,14-17H2,1-2H3,(H,32,36). The van der Waals surface area contributed by atoms with Crippen LogP contribution in [0.4, 0.5) is 10.1 Å². The van der Waals surface area contributed by atoms with Gasteiger partial charge in [-0.15, -0.1) is 0 Å². The van der Waals surface area contributed by atoms with E-state index in [1.165, 1.54) is 13.0 Å². The summed E-state index contributed by atoms with van der Waals surface area (Å²) in [4.78, 5) is 14.8. The summed E-state index contributed by atoms with van der Waals surface area (Å²) in [5.41, 5.74) is 0.249. The number of sulfonamides is 1. The average Bonchev–Trinajstić information content (AvgIpc) is 2.86. The lowest BCUT2D eigenvalue weighted by Crippen LogP contribution is -2.61. The van der Waals surface area contributed by atoms with Gasteiger partial charge >= 0.3 is 0 Å². The average molecular weight is 611 g/mol. The zero-order valence-corrected chi connectivity index (χ0v) is 24.2. The van der Waals surface area contributed by atoms with Crippen LogP contribution in [0.5, 0.6) is 0 Å². The van der Waals surface area contributed by atoms with E-state index in [0.717, 1.165) is 33.8 Å². The number of carbonyl (C=O) groups excluding carboxylic acids is 1. The molecule has 1 unspecified atom stereocenters. The van der Waals surface area contributed by atoms with Gasteiger partial charge in [0.05, 0.1) is 30.6 Å². The van der Waals surface area contributed by atoms with Crippen LogP contribution in [0.25, 0.3) is 0 Å². The molecule has 1 aliphatic heterocycles. The molecular formula is C28H30Cl2FN3O5S. The summed E-state index contributed by atoms with van der Waals surface area (Å²) in [6, 6.07) is 17.4. The maximum absolute atomic E-state index is 14.7. The first-order valence-corrected chi connectivity index (χ1v) is 15.0. The van der Waals surface area contributed by atoms with Crippen LogP contribution in [0.15, 0.2) is 66.7 Å². The third-order valence-corrected chi connectivity index (χ3v) is 8.41. The molecule has 1 aliphatic rings. The van der Waals surface area contributed by atoms with Gasteiger partial charge in [-0.1, -0.05) is 47.5 Å². The van der Waals surface area contributed by atoms with Crippen molar-refractivity contribution in [2.45, 2.75) is 24.6 Å². The van der Waals surface area contributed by atoms with Crippen LogP contribution in [-0.4, -0.2) is 73.6 Å². The lowest BCUT2D eigenvalue weighted by atomic mass is 9.93. The molecule has 4 rings (SSSR count). The fraction of sp³-hybridized carbons (Fsp3) is 0.321. The molecule has 1 atom stereocenters. The number of likely N-dealkylation sites (tertiary alicyclic amines) is 1. The quantitative estimate of drug-likeness (QED) is 0.322. The highest BCUT2D eigenvalue weighted by atomic mass is 35.5. The minimum Gasteiger partial charge on any atom is -0.393 e. The van der Waals surface area contributed by atoms with Crippen molar-refractivity contribution in [3.63, 3.8) is 0 Å². The van der Waals surface area contributed by atoms with Crippen LogP contribution in [0.3, 0.4) is 0 Å². The van der Waals surface area contributed by atoms with Gasteiger partial charge < -0.3 is 15.5 Å². The van der Waals surface area contributed by atoms with E-state index in [2.05, 4.69) is 10.2 Å². The summed E-state index contributed by atoms with van der Waals surface area (Å²) in [7, 11) is -3.87. The van der Waals surface area contributed by atoms with Crippen molar-refractivity contribution in [1.82, 2.24) is 10.2 Å². The molecule has 1 fully saturated rings. The number of nitrogens with zero attached hydrogens (tertiary/aromatic N) is 2. The molecule has 12 heteroatoms. The van der Waals surface area contributed by atoms with Gasteiger partial charge in [0.1, 0.15) is 11.4 Å². The number of nitrogens with one attached hydrogen (secondary N) is 1. The minimum atomic E-state index is -3.87. The van der Waals surface area contributed by atoms with Gasteiger partial charge in [0.2, 0.25) is 10.0 Å². The number of aliphatic hydroxyl groups excluding tert-OH is 1. The molecule has 0 spiro atoms. The molecule has 1 amide bonds. The Kier molecular flexibility index (Phi) is 9.08. The molecule has 214 valence electrons. The fourth-order valence-electron chi connectivity index (χ4n) is 4.69. The molecule has 1 saturated heterocycles. The second-order valence-corrected chi connectivity index (χ2v) is 12.9. The summed E-state index contributed by atoms with van der Waals surface area (Å²) in [6.07, 6.45) is 1.04. The second kappa shape index (κ2) is 12.0. The first-order valence-electron chi connectivity index (χ1n) is 12.4. The molecule has 3 aromatic carbocycles. The molecule has 3 aromatic rings. The second-order valence-electron chi connectivity index (χ2n) is 10.2. The number of amides is 1. The Morgan fingerprint density at radius 3 is 2.08 bits per heavy atom. The summed E-state index contributed by atoms with van der Waals surface area (Å²) in [5.74, 6) is -1.51. The number of rotatable bonds is 10. The maximum Gasteiger partial charge on any atom is 0.251 e. The topological polar surface area (TPSA) is 110 Å². The Balaban J connectivity index is 1.60. The van der Waals surface area contributed by atoms with Crippen LogP contribution in [0, 0.1) is 5.82 Å². The van der Waals surface area contributed by atoms with Crippen LogP contribution >= 0.6 is 23.2 Å². The SMILES string of the molecule is CC(O)(CO)CNC(=O)c1cc(F)cc(N(C2CN(C(c3ccc(Cl)cc3)c3ccc(Cl)cc3)C2)S(C)(=O)=O)c1. The van der Waals surface area contributed by atoms with Gasteiger partial charge in [-0.25, -0.2) is 12.8 Å². The molecule has 0 aliphatic carbocycles. The Bertz CT molecular complexity index is 1420. The van der Waals surface area contributed by atoms with Gasteiger partial charge in [-0.2, -0.15) is 0 Å². The van der Waals surface area contributed by atoms with E-state index < -0.39 is 40.0 Å². The third-order valence-electron chi connectivity index (χ3n) is 6.69. The van der Waals surface area contributed by atoms with Gasteiger partial charge in [-0.3, -0.25) is 14.0 Å². The molecule has 3 N–H and O–H groups in total. The molecule has 40 heavy (non-hydrogen) atoms. The number of halogens is 3. The molecular weight excluding hydrogens is 580 g/mol. The summed E-state index contributed by atoms with van der Waals surface area (Å²) in [5, 5.41) is 22.8. The van der Waals surface area contributed by atoms with Crippen molar-refractivity contribution in [2.75, 3.05) is 36.8 Å². The third kappa shape index (κ3) is 7.12. The molecule has 0 bridgehead atoms. The van der Waals surface area contributed by atoms with Gasteiger partial charge in [0.25, 0.3) is 5.91 Å². The zero-order valence-electron chi connectivity index (χ0n) is 21.9. The smallest absolute Gasteiger partial charge is 0.251 e. The van der Waals surface area contributed by atoms with E-state index in [0.29, 0.717) is 23.1 Å². The lowest BCUT2D eigenvalue weighted by molar-refractivity contribution is 0.00320.